The number of thiophene rings is 1. The molecule has 0 radical (unpaired) electrons. The van der Waals surface area contributed by atoms with Crippen LogP contribution in [0.1, 0.15) is 36.8 Å². The molecule has 2 heteroatoms. The standard InChI is InChI=1S/C16H18OS/c1-10-5-6-11(2)14(7-10)9-15(17)16-12(3)8-13(4)18-16/h5-8H,9H2,1-4H3. The van der Waals surface area contributed by atoms with Crippen molar-refractivity contribution in [2.75, 3.05) is 0 Å². The van der Waals surface area contributed by atoms with Gasteiger partial charge in [0.05, 0.1) is 4.88 Å². The molecule has 0 saturated heterocycles. The van der Waals surface area contributed by atoms with Crippen LogP contribution in [0, 0.1) is 27.7 Å². The highest BCUT2D eigenvalue weighted by molar-refractivity contribution is 7.14. The second-order valence-corrected chi connectivity index (χ2v) is 6.16. The number of hydrogen-bond acceptors (Lipinski definition) is 2. The van der Waals surface area contributed by atoms with E-state index >= 15 is 0 Å². The van der Waals surface area contributed by atoms with Gasteiger partial charge in [0.25, 0.3) is 0 Å². The third-order valence-electron chi connectivity index (χ3n) is 3.15. The van der Waals surface area contributed by atoms with Gasteiger partial charge in [-0.05, 0) is 50.5 Å². The van der Waals surface area contributed by atoms with E-state index in [9.17, 15) is 4.79 Å². The Morgan fingerprint density at radius 1 is 1.06 bits per heavy atom. The summed E-state index contributed by atoms with van der Waals surface area (Å²) in [5.74, 6) is 0.235. The van der Waals surface area contributed by atoms with Crippen molar-refractivity contribution in [1.82, 2.24) is 0 Å². The number of carbonyl (C=O) groups is 1. The van der Waals surface area contributed by atoms with Crippen molar-refractivity contribution in [3.05, 3.63) is 56.3 Å². The number of aryl methyl sites for hydroxylation is 4. The molecule has 0 spiro atoms. The molecule has 1 nitrogen and oxygen atoms in total. The Morgan fingerprint density at radius 2 is 1.78 bits per heavy atom. The minimum absolute atomic E-state index is 0.235. The van der Waals surface area contributed by atoms with Crippen molar-refractivity contribution in [1.29, 1.82) is 0 Å². The van der Waals surface area contributed by atoms with E-state index in [1.165, 1.54) is 16.0 Å². The molecule has 0 N–H and O–H groups in total. The van der Waals surface area contributed by atoms with Crippen LogP contribution >= 0.6 is 11.3 Å². The monoisotopic (exact) mass is 258 g/mol. The largest absolute Gasteiger partial charge is 0.293 e. The summed E-state index contributed by atoms with van der Waals surface area (Å²) in [4.78, 5) is 14.4. The summed E-state index contributed by atoms with van der Waals surface area (Å²) < 4.78 is 0. The van der Waals surface area contributed by atoms with Crippen molar-refractivity contribution in [3.8, 4) is 0 Å². The molecule has 0 bridgehead atoms. The molecule has 0 unspecified atom stereocenters. The summed E-state index contributed by atoms with van der Waals surface area (Å²) in [6.45, 7) is 8.19. The van der Waals surface area contributed by atoms with Gasteiger partial charge in [0.2, 0.25) is 0 Å². The maximum atomic E-state index is 12.3. The molecule has 2 rings (SSSR count). The van der Waals surface area contributed by atoms with Gasteiger partial charge in [0.15, 0.2) is 5.78 Å². The minimum atomic E-state index is 0.235. The lowest BCUT2D eigenvalue weighted by molar-refractivity contribution is 0.0996. The first-order valence-corrected chi connectivity index (χ1v) is 6.95. The van der Waals surface area contributed by atoms with Gasteiger partial charge in [-0.15, -0.1) is 11.3 Å². The lowest BCUT2D eigenvalue weighted by atomic mass is 9.99. The number of rotatable bonds is 3. The quantitative estimate of drug-likeness (QED) is 0.745. The molecule has 1 aromatic carbocycles. The van der Waals surface area contributed by atoms with E-state index in [1.807, 2.05) is 13.8 Å². The van der Waals surface area contributed by atoms with Gasteiger partial charge in [-0.2, -0.15) is 0 Å². The Morgan fingerprint density at radius 3 is 2.39 bits per heavy atom. The smallest absolute Gasteiger partial charge is 0.177 e. The fourth-order valence-electron chi connectivity index (χ4n) is 2.16. The Balaban J connectivity index is 2.26. The molecule has 1 heterocycles. The van der Waals surface area contributed by atoms with E-state index in [-0.39, 0.29) is 5.78 Å². The zero-order chi connectivity index (χ0) is 13.3. The van der Waals surface area contributed by atoms with Crippen LogP contribution in [-0.2, 0) is 6.42 Å². The van der Waals surface area contributed by atoms with Gasteiger partial charge >= 0.3 is 0 Å². The molecule has 0 saturated carbocycles. The van der Waals surface area contributed by atoms with Crippen LogP contribution in [0.15, 0.2) is 24.3 Å². The number of ketones is 1. The molecule has 1 aromatic heterocycles. The average molecular weight is 258 g/mol. The second kappa shape index (κ2) is 5.07. The molecule has 0 aliphatic rings. The van der Waals surface area contributed by atoms with E-state index in [0.29, 0.717) is 6.42 Å². The Kier molecular flexibility index (Phi) is 3.67. The highest BCUT2D eigenvalue weighted by Gasteiger charge is 2.14. The topological polar surface area (TPSA) is 17.1 Å². The van der Waals surface area contributed by atoms with Crippen molar-refractivity contribution < 1.29 is 4.79 Å². The van der Waals surface area contributed by atoms with E-state index < -0.39 is 0 Å². The zero-order valence-electron chi connectivity index (χ0n) is 11.3. The summed E-state index contributed by atoms with van der Waals surface area (Å²) in [6, 6.07) is 8.37. The number of carbonyl (C=O) groups excluding carboxylic acids is 1. The van der Waals surface area contributed by atoms with Crippen molar-refractivity contribution >= 4 is 17.1 Å². The predicted octanol–water partition coefficient (Wildman–Crippen LogP) is 4.41. The highest BCUT2D eigenvalue weighted by atomic mass is 32.1. The van der Waals surface area contributed by atoms with Gasteiger partial charge < -0.3 is 0 Å². The van der Waals surface area contributed by atoms with Crippen LogP contribution in [0.2, 0.25) is 0 Å². The lowest BCUT2D eigenvalue weighted by Gasteiger charge is -2.06. The average Bonchev–Trinajstić information content (AvgIpc) is 2.63. The first-order chi connectivity index (χ1) is 8.47. The van der Waals surface area contributed by atoms with Crippen LogP contribution in [0.3, 0.4) is 0 Å². The van der Waals surface area contributed by atoms with Crippen molar-refractivity contribution in [3.63, 3.8) is 0 Å². The third-order valence-corrected chi connectivity index (χ3v) is 4.34. The Labute approximate surface area is 112 Å². The van der Waals surface area contributed by atoms with Gasteiger partial charge in [-0.25, -0.2) is 0 Å². The fourth-order valence-corrected chi connectivity index (χ4v) is 3.13. The summed E-state index contributed by atoms with van der Waals surface area (Å²) in [5.41, 5.74) is 4.65. The van der Waals surface area contributed by atoms with Crippen molar-refractivity contribution in [2.45, 2.75) is 34.1 Å². The van der Waals surface area contributed by atoms with E-state index in [0.717, 1.165) is 16.0 Å². The van der Waals surface area contributed by atoms with Gasteiger partial charge in [-0.3, -0.25) is 4.79 Å². The maximum Gasteiger partial charge on any atom is 0.177 e. The maximum absolute atomic E-state index is 12.3. The highest BCUT2D eigenvalue weighted by Crippen LogP contribution is 2.23. The first kappa shape index (κ1) is 13.0. The summed E-state index contributed by atoms with van der Waals surface area (Å²) in [7, 11) is 0. The van der Waals surface area contributed by atoms with Crippen molar-refractivity contribution in [2.24, 2.45) is 0 Å². The summed E-state index contributed by atoms with van der Waals surface area (Å²) in [6.07, 6.45) is 0.508. The molecule has 0 aliphatic heterocycles. The minimum Gasteiger partial charge on any atom is -0.293 e. The number of hydrogen-bond donors (Lipinski definition) is 0. The zero-order valence-corrected chi connectivity index (χ0v) is 12.1. The number of Topliss-reactive ketones (excluding diaryl/α,β-unsaturated/α-hetero) is 1. The second-order valence-electron chi connectivity index (χ2n) is 4.90. The van der Waals surface area contributed by atoms with Crippen LogP contribution < -0.4 is 0 Å². The normalized spacial score (nSPS) is 10.7. The third kappa shape index (κ3) is 2.70. The molecule has 18 heavy (non-hydrogen) atoms. The molecular weight excluding hydrogens is 240 g/mol. The lowest BCUT2D eigenvalue weighted by Crippen LogP contribution is -2.04. The molecule has 94 valence electrons. The summed E-state index contributed by atoms with van der Waals surface area (Å²) >= 11 is 1.60. The Bertz CT molecular complexity index is 593. The van der Waals surface area contributed by atoms with Gasteiger partial charge in [-0.1, -0.05) is 23.8 Å². The van der Waals surface area contributed by atoms with Crippen LogP contribution in [-0.4, -0.2) is 5.78 Å². The van der Waals surface area contributed by atoms with E-state index in [4.69, 9.17) is 0 Å². The SMILES string of the molecule is Cc1ccc(C)c(CC(=O)c2sc(C)cc2C)c1. The predicted molar refractivity (Wildman–Crippen MR) is 77.7 cm³/mol. The fraction of sp³-hybridized carbons (Fsp3) is 0.312. The van der Waals surface area contributed by atoms with E-state index in [1.54, 1.807) is 11.3 Å². The van der Waals surface area contributed by atoms with Crippen LogP contribution in [0.4, 0.5) is 0 Å². The molecule has 2 aromatic rings. The van der Waals surface area contributed by atoms with Crippen LogP contribution in [0.25, 0.3) is 0 Å². The molecule has 0 aliphatic carbocycles. The molecule has 0 amide bonds. The van der Waals surface area contributed by atoms with Gasteiger partial charge in [0.1, 0.15) is 0 Å². The summed E-state index contributed by atoms with van der Waals surface area (Å²) in [5, 5.41) is 0. The first-order valence-electron chi connectivity index (χ1n) is 6.13. The Hall–Kier alpha value is -1.41. The number of benzene rings is 1. The molecule has 0 atom stereocenters. The molecule has 0 fully saturated rings. The molecular formula is C16H18OS. The van der Waals surface area contributed by atoms with E-state index in [2.05, 4.69) is 38.1 Å². The van der Waals surface area contributed by atoms with Gasteiger partial charge in [0, 0.05) is 11.3 Å². The van der Waals surface area contributed by atoms with Crippen LogP contribution in [0.5, 0.6) is 0 Å².